The van der Waals surface area contributed by atoms with Crippen LogP contribution in [0.4, 0.5) is 10.1 Å². The molecule has 2 heterocycles. The Bertz CT molecular complexity index is 565. The lowest BCUT2D eigenvalue weighted by Crippen LogP contribution is -2.30. The molecule has 1 aromatic heterocycles. The largest absolute Gasteiger partial charge is 0.364 e. The molecule has 2 nitrogen and oxygen atoms in total. The Labute approximate surface area is 110 Å². The molecule has 2 N–H and O–H groups in total. The van der Waals surface area contributed by atoms with Crippen molar-refractivity contribution in [3.63, 3.8) is 0 Å². The smallest absolute Gasteiger partial charge is 0.146 e. The molecule has 0 fully saturated rings. The van der Waals surface area contributed by atoms with Gasteiger partial charge in [0.2, 0.25) is 0 Å². The average Bonchev–Trinajstić information content (AvgIpc) is 2.85. The van der Waals surface area contributed by atoms with Crippen LogP contribution in [0, 0.1) is 5.82 Å². The summed E-state index contributed by atoms with van der Waals surface area (Å²) in [4.78, 5) is 3.54. The summed E-state index contributed by atoms with van der Waals surface area (Å²) in [6, 6.07) is 7.42. The first-order valence-electron chi connectivity index (χ1n) is 6.06. The predicted molar refractivity (Wildman–Crippen MR) is 73.4 cm³/mol. The van der Waals surface area contributed by atoms with E-state index in [1.54, 1.807) is 17.4 Å². The molecule has 1 aliphatic heterocycles. The van der Waals surface area contributed by atoms with Gasteiger partial charge in [-0.2, -0.15) is 0 Å². The summed E-state index contributed by atoms with van der Waals surface area (Å²) in [5.74, 6) is -0.170. The Hall–Kier alpha value is -1.39. The van der Waals surface area contributed by atoms with E-state index in [1.165, 1.54) is 10.4 Å². The number of hydrogen-bond donors (Lipinski definition) is 1. The van der Waals surface area contributed by atoms with Crippen molar-refractivity contribution in [2.75, 3.05) is 11.4 Å². The molecule has 0 spiro atoms. The van der Waals surface area contributed by atoms with Gasteiger partial charge < -0.3 is 10.6 Å². The van der Waals surface area contributed by atoms with Crippen molar-refractivity contribution < 1.29 is 4.39 Å². The standard InChI is InChI=1S/C14H15FN2S/c15-12-7-10(8-16)1-2-13(12)17-5-3-14-11(9-17)4-6-18-14/h1-2,4,6-7H,3,5,8-9,16H2. The van der Waals surface area contributed by atoms with Crippen molar-refractivity contribution in [3.8, 4) is 0 Å². The monoisotopic (exact) mass is 262 g/mol. The molecule has 1 aliphatic rings. The Morgan fingerprint density at radius 1 is 1.33 bits per heavy atom. The number of nitrogens with two attached hydrogens (primary N) is 1. The maximum absolute atomic E-state index is 14.0. The van der Waals surface area contributed by atoms with Crippen molar-refractivity contribution in [2.24, 2.45) is 5.73 Å². The molecule has 18 heavy (non-hydrogen) atoms. The highest BCUT2D eigenvalue weighted by Gasteiger charge is 2.19. The van der Waals surface area contributed by atoms with E-state index in [1.807, 2.05) is 12.1 Å². The lowest BCUT2D eigenvalue weighted by molar-refractivity contribution is 0.609. The molecule has 0 atom stereocenters. The third-order valence-electron chi connectivity index (χ3n) is 3.40. The summed E-state index contributed by atoms with van der Waals surface area (Å²) in [7, 11) is 0. The summed E-state index contributed by atoms with van der Waals surface area (Å²) in [5, 5.41) is 2.11. The minimum atomic E-state index is -0.170. The van der Waals surface area contributed by atoms with Gasteiger partial charge in [-0.1, -0.05) is 6.07 Å². The van der Waals surface area contributed by atoms with Crippen LogP contribution in [0.5, 0.6) is 0 Å². The van der Waals surface area contributed by atoms with Gasteiger partial charge >= 0.3 is 0 Å². The molecule has 0 bridgehead atoms. The molecule has 0 radical (unpaired) electrons. The van der Waals surface area contributed by atoms with Crippen LogP contribution in [0.25, 0.3) is 0 Å². The normalized spacial score (nSPS) is 14.7. The first-order chi connectivity index (χ1) is 8.78. The minimum absolute atomic E-state index is 0.170. The maximum Gasteiger partial charge on any atom is 0.146 e. The molecule has 0 saturated carbocycles. The van der Waals surface area contributed by atoms with Crippen LogP contribution >= 0.6 is 11.3 Å². The average molecular weight is 262 g/mol. The Morgan fingerprint density at radius 3 is 3.00 bits per heavy atom. The summed E-state index contributed by atoms with van der Waals surface area (Å²) >= 11 is 1.80. The van der Waals surface area contributed by atoms with Crippen molar-refractivity contribution in [3.05, 3.63) is 51.5 Å². The van der Waals surface area contributed by atoms with Crippen LogP contribution in [-0.2, 0) is 19.5 Å². The highest BCUT2D eigenvalue weighted by Crippen LogP contribution is 2.29. The second-order valence-corrected chi connectivity index (χ2v) is 5.53. The zero-order chi connectivity index (χ0) is 12.5. The third-order valence-corrected chi connectivity index (χ3v) is 4.42. The molecule has 94 valence electrons. The van der Waals surface area contributed by atoms with Gasteiger partial charge in [0.1, 0.15) is 5.82 Å². The lowest BCUT2D eigenvalue weighted by Gasteiger charge is -2.29. The van der Waals surface area contributed by atoms with Gasteiger partial charge in [-0.25, -0.2) is 4.39 Å². The van der Waals surface area contributed by atoms with E-state index in [9.17, 15) is 4.39 Å². The minimum Gasteiger partial charge on any atom is -0.364 e. The van der Waals surface area contributed by atoms with E-state index < -0.39 is 0 Å². The molecular weight excluding hydrogens is 247 g/mol. The number of nitrogens with zero attached hydrogens (tertiary/aromatic N) is 1. The van der Waals surface area contributed by atoms with E-state index in [-0.39, 0.29) is 5.82 Å². The lowest BCUT2D eigenvalue weighted by atomic mass is 10.1. The fraction of sp³-hybridized carbons (Fsp3) is 0.286. The topological polar surface area (TPSA) is 29.3 Å². The molecular formula is C14H15FN2S. The van der Waals surface area contributed by atoms with Crippen molar-refractivity contribution in [1.29, 1.82) is 0 Å². The zero-order valence-corrected chi connectivity index (χ0v) is 10.8. The highest BCUT2D eigenvalue weighted by atomic mass is 32.1. The van der Waals surface area contributed by atoms with Gasteiger partial charge in [0.15, 0.2) is 0 Å². The van der Waals surface area contributed by atoms with E-state index in [0.717, 1.165) is 25.1 Å². The van der Waals surface area contributed by atoms with Crippen molar-refractivity contribution in [2.45, 2.75) is 19.5 Å². The Morgan fingerprint density at radius 2 is 2.22 bits per heavy atom. The zero-order valence-electron chi connectivity index (χ0n) is 10.0. The van der Waals surface area contributed by atoms with Crippen LogP contribution in [-0.4, -0.2) is 6.54 Å². The second-order valence-electron chi connectivity index (χ2n) is 4.53. The quantitative estimate of drug-likeness (QED) is 0.901. The van der Waals surface area contributed by atoms with Gasteiger partial charge in [0, 0.05) is 24.5 Å². The maximum atomic E-state index is 14.0. The highest BCUT2D eigenvalue weighted by molar-refractivity contribution is 7.10. The van der Waals surface area contributed by atoms with Crippen LogP contribution in [0.3, 0.4) is 0 Å². The number of rotatable bonds is 2. The van der Waals surface area contributed by atoms with Crippen molar-refractivity contribution in [1.82, 2.24) is 0 Å². The Kier molecular flexibility index (Phi) is 3.06. The Balaban J connectivity index is 1.88. The second kappa shape index (κ2) is 4.71. The first-order valence-corrected chi connectivity index (χ1v) is 6.94. The van der Waals surface area contributed by atoms with Gasteiger partial charge in [-0.05, 0) is 41.1 Å². The summed E-state index contributed by atoms with van der Waals surface area (Å²) in [5.41, 5.74) is 8.37. The number of halogens is 1. The molecule has 0 unspecified atom stereocenters. The predicted octanol–water partition coefficient (Wildman–Crippen LogP) is 2.91. The molecule has 0 saturated heterocycles. The van der Waals surface area contributed by atoms with E-state index in [2.05, 4.69) is 16.3 Å². The number of benzene rings is 1. The van der Waals surface area contributed by atoms with Gasteiger partial charge in [0.05, 0.1) is 5.69 Å². The van der Waals surface area contributed by atoms with Crippen molar-refractivity contribution >= 4 is 17.0 Å². The molecule has 0 aliphatic carbocycles. The van der Waals surface area contributed by atoms with E-state index in [4.69, 9.17) is 5.73 Å². The third kappa shape index (κ3) is 2.02. The molecule has 1 aromatic carbocycles. The van der Waals surface area contributed by atoms with Gasteiger partial charge in [-0.3, -0.25) is 0 Å². The summed E-state index contributed by atoms with van der Waals surface area (Å²) < 4.78 is 14.0. The summed E-state index contributed by atoms with van der Waals surface area (Å²) in [6.45, 7) is 2.07. The van der Waals surface area contributed by atoms with E-state index >= 15 is 0 Å². The fourth-order valence-electron chi connectivity index (χ4n) is 2.39. The molecule has 3 rings (SSSR count). The number of hydrogen-bond acceptors (Lipinski definition) is 3. The fourth-order valence-corrected chi connectivity index (χ4v) is 3.28. The SMILES string of the molecule is NCc1ccc(N2CCc3sccc3C2)c(F)c1. The number of fused-ring (bicyclic) bond motifs is 1. The summed E-state index contributed by atoms with van der Waals surface area (Å²) in [6.07, 6.45) is 1.01. The van der Waals surface area contributed by atoms with Crippen LogP contribution < -0.4 is 10.6 Å². The van der Waals surface area contributed by atoms with Crippen LogP contribution in [0.15, 0.2) is 29.6 Å². The van der Waals surface area contributed by atoms with Gasteiger partial charge in [0.25, 0.3) is 0 Å². The molecule has 4 heteroatoms. The number of anilines is 1. The van der Waals surface area contributed by atoms with Crippen LogP contribution in [0.2, 0.25) is 0 Å². The number of thiophene rings is 1. The van der Waals surface area contributed by atoms with Gasteiger partial charge in [-0.15, -0.1) is 11.3 Å². The first kappa shape index (κ1) is 11.7. The molecule has 0 amide bonds. The van der Waals surface area contributed by atoms with Crippen LogP contribution in [0.1, 0.15) is 16.0 Å². The van der Waals surface area contributed by atoms with E-state index in [0.29, 0.717) is 12.2 Å². The molecule has 2 aromatic rings.